The first-order valence-corrected chi connectivity index (χ1v) is 8.12. The molecule has 0 amide bonds. The number of thioether (sulfide) groups is 1. The van der Waals surface area contributed by atoms with Gasteiger partial charge < -0.3 is 10.4 Å². The van der Waals surface area contributed by atoms with Crippen molar-refractivity contribution in [3.63, 3.8) is 0 Å². The first kappa shape index (κ1) is 14.9. The van der Waals surface area contributed by atoms with E-state index in [1.807, 2.05) is 31.4 Å². The smallest absolute Gasteiger partial charge is 0.338 e. The van der Waals surface area contributed by atoms with Crippen LogP contribution < -0.4 is 5.32 Å². The maximum absolute atomic E-state index is 11.5. The summed E-state index contributed by atoms with van der Waals surface area (Å²) in [4.78, 5) is 16.6. The van der Waals surface area contributed by atoms with Crippen LogP contribution in [0.5, 0.6) is 0 Å². The molecule has 106 valence electrons. The highest BCUT2D eigenvalue weighted by molar-refractivity contribution is 7.99. The number of hydrogen-bond donors (Lipinski definition) is 2. The Hall–Kier alpha value is -1.53. The number of hydrogen-bond acceptors (Lipinski definition) is 5. The van der Waals surface area contributed by atoms with Gasteiger partial charge in [0.1, 0.15) is 0 Å². The summed E-state index contributed by atoms with van der Waals surface area (Å²) in [7, 11) is 0. The third-order valence-electron chi connectivity index (χ3n) is 2.67. The van der Waals surface area contributed by atoms with Gasteiger partial charge in [-0.25, -0.2) is 9.78 Å². The van der Waals surface area contributed by atoms with Gasteiger partial charge in [0.2, 0.25) is 0 Å². The second-order valence-electron chi connectivity index (χ2n) is 4.13. The van der Waals surface area contributed by atoms with Gasteiger partial charge in [-0.2, -0.15) is 0 Å². The molecular weight excluding hydrogens is 292 g/mol. The lowest BCUT2D eigenvalue weighted by molar-refractivity contribution is 0.0694. The van der Waals surface area contributed by atoms with Crippen LogP contribution in [0.4, 0.5) is 5.69 Å². The molecule has 1 aromatic heterocycles. The maximum atomic E-state index is 11.5. The summed E-state index contributed by atoms with van der Waals surface area (Å²) in [5.41, 5.74) is 1.91. The van der Waals surface area contributed by atoms with Crippen molar-refractivity contribution in [1.29, 1.82) is 0 Å². The first-order valence-electron chi connectivity index (χ1n) is 6.25. The van der Waals surface area contributed by atoms with Crippen molar-refractivity contribution in [3.8, 4) is 0 Å². The van der Waals surface area contributed by atoms with Crippen LogP contribution in [0.15, 0.2) is 28.5 Å². The van der Waals surface area contributed by atoms with Crippen molar-refractivity contribution < 1.29 is 9.90 Å². The normalized spacial score (nSPS) is 10.5. The van der Waals surface area contributed by atoms with E-state index >= 15 is 0 Å². The minimum atomic E-state index is -0.904. The second-order valence-corrected chi connectivity index (χ2v) is 6.50. The van der Waals surface area contributed by atoms with Gasteiger partial charge in [-0.3, -0.25) is 0 Å². The molecule has 20 heavy (non-hydrogen) atoms. The summed E-state index contributed by atoms with van der Waals surface area (Å²) in [5.74, 6) is -0.0619. The molecule has 2 aromatic rings. The van der Waals surface area contributed by atoms with Gasteiger partial charge in [0.15, 0.2) is 0 Å². The highest BCUT2D eigenvalue weighted by atomic mass is 32.2. The highest BCUT2D eigenvalue weighted by Crippen LogP contribution is 2.29. The topological polar surface area (TPSA) is 62.2 Å². The number of aromatic carboxylic acids is 1. The molecule has 1 aromatic carbocycles. The van der Waals surface area contributed by atoms with Crippen LogP contribution in [0.25, 0.3) is 0 Å². The summed E-state index contributed by atoms with van der Waals surface area (Å²) in [6.45, 7) is 4.49. The van der Waals surface area contributed by atoms with E-state index in [2.05, 4.69) is 10.3 Å². The molecular formula is C14H16N2O2S2. The molecule has 0 saturated carbocycles. The van der Waals surface area contributed by atoms with Gasteiger partial charge in [0, 0.05) is 10.3 Å². The monoisotopic (exact) mass is 308 g/mol. The third kappa shape index (κ3) is 3.52. The van der Waals surface area contributed by atoms with Crippen LogP contribution >= 0.6 is 23.1 Å². The third-order valence-corrected chi connectivity index (χ3v) is 4.43. The number of anilines is 1. The predicted molar refractivity (Wildman–Crippen MR) is 84.0 cm³/mol. The molecule has 0 radical (unpaired) electrons. The molecule has 0 saturated heterocycles. The Labute approximate surface area is 126 Å². The van der Waals surface area contributed by atoms with Crippen LogP contribution in [-0.2, 0) is 6.54 Å². The minimum absolute atomic E-state index is 0.339. The number of carboxylic acid groups (broad SMARTS) is 1. The average molecular weight is 308 g/mol. The Kier molecular flexibility index (Phi) is 5.03. The van der Waals surface area contributed by atoms with Crippen LogP contribution in [0.3, 0.4) is 0 Å². The Bertz CT molecular complexity index is 611. The van der Waals surface area contributed by atoms with Gasteiger partial charge in [-0.1, -0.05) is 13.0 Å². The van der Waals surface area contributed by atoms with Crippen molar-refractivity contribution >= 4 is 34.8 Å². The average Bonchev–Trinajstić information content (AvgIpc) is 2.82. The second kappa shape index (κ2) is 6.76. The quantitative estimate of drug-likeness (QED) is 0.793. The van der Waals surface area contributed by atoms with E-state index in [0.29, 0.717) is 17.8 Å². The SMILES string of the molecule is CCSc1cccc(NCc2csc(C)n2)c1C(=O)O. The summed E-state index contributed by atoms with van der Waals surface area (Å²) < 4.78 is 0. The van der Waals surface area contributed by atoms with E-state index in [9.17, 15) is 9.90 Å². The lowest BCUT2D eigenvalue weighted by Gasteiger charge is -2.12. The summed E-state index contributed by atoms with van der Waals surface area (Å²) in [6.07, 6.45) is 0. The zero-order chi connectivity index (χ0) is 14.5. The highest BCUT2D eigenvalue weighted by Gasteiger charge is 2.15. The summed E-state index contributed by atoms with van der Waals surface area (Å²) in [6, 6.07) is 5.51. The predicted octanol–water partition coefficient (Wildman–Crippen LogP) is 3.87. The van der Waals surface area contributed by atoms with Gasteiger partial charge in [-0.05, 0) is 24.8 Å². The number of rotatable bonds is 6. The Balaban J connectivity index is 2.22. The maximum Gasteiger partial charge on any atom is 0.338 e. The standard InChI is InChI=1S/C14H16N2O2S2/c1-3-19-12-6-4-5-11(13(12)14(17)18)15-7-10-8-20-9(2)16-10/h4-6,8,15H,3,7H2,1-2H3,(H,17,18). The molecule has 2 rings (SSSR count). The van der Waals surface area contributed by atoms with Gasteiger partial charge in [-0.15, -0.1) is 23.1 Å². The molecule has 0 unspecified atom stereocenters. The van der Waals surface area contributed by atoms with E-state index in [-0.39, 0.29) is 0 Å². The zero-order valence-electron chi connectivity index (χ0n) is 11.3. The number of aryl methyl sites for hydroxylation is 1. The van der Waals surface area contributed by atoms with E-state index in [4.69, 9.17) is 0 Å². The molecule has 6 heteroatoms. The van der Waals surface area contributed by atoms with Gasteiger partial charge in [0.05, 0.1) is 28.5 Å². The fourth-order valence-electron chi connectivity index (χ4n) is 1.85. The first-order chi connectivity index (χ1) is 9.61. The Morgan fingerprint density at radius 2 is 2.30 bits per heavy atom. The minimum Gasteiger partial charge on any atom is -0.478 e. The number of nitrogens with one attached hydrogen (secondary N) is 1. The Morgan fingerprint density at radius 1 is 1.50 bits per heavy atom. The van der Waals surface area contributed by atoms with E-state index < -0.39 is 5.97 Å². The molecule has 0 fully saturated rings. The Morgan fingerprint density at radius 3 is 2.90 bits per heavy atom. The van der Waals surface area contributed by atoms with Crippen molar-refractivity contribution in [2.45, 2.75) is 25.3 Å². The van der Waals surface area contributed by atoms with Crippen LogP contribution in [0, 0.1) is 6.92 Å². The zero-order valence-corrected chi connectivity index (χ0v) is 13.0. The van der Waals surface area contributed by atoms with Crippen molar-refractivity contribution in [1.82, 2.24) is 4.98 Å². The fraction of sp³-hybridized carbons (Fsp3) is 0.286. The molecule has 0 aliphatic carbocycles. The van der Waals surface area contributed by atoms with Gasteiger partial charge >= 0.3 is 5.97 Å². The molecule has 0 aliphatic heterocycles. The number of carbonyl (C=O) groups is 1. The lowest BCUT2D eigenvalue weighted by Crippen LogP contribution is -2.08. The van der Waals surface area contributed by atoms with Crippen LogP contribution in [-0.4, -0.2) is 21.8 Å². The molecule has 0 bridgehead atoms. The number of aromatic nitrogens is 1. The molecule has 2 N–H and O–H groups in total. The van der Waals surface area contributed by atoms with Crippen molar-refractivity contribution in [2.75, 3.05) is 11.1 Å². The summed E-state index contributed by atoms with van der Waals surface area (Å²) >= 11 is 3.13. The van der Waals surface area contributed by atoms with Crippen molar-refractivity contribution in [2.24, 2.45) is 0 Å². The molecule has 0 spiro atoms. The summed E-state index contributed by atoms with van der Waals surface area (Å²) in [5, 5.41) is 15.6. The molecule has 0 aliphatic rings. The number of thiazole rings is 1. The number of benzene rings is 1. The molecule has 1 heterocycles. The van der Waals surface area contributed by atoms with E-state index in [1.165, 1.54) is 11.8 Å². The van der Waals surface area contributed by atoms with Crippen molar-refractivity contribution in [3.05, 3.63) is 39.8 Å². The van der Waals surface area contributed by atoms with E-state index in [0.717, 1.165) is 21.3 Å². The number of carboxylic acids is 1. The van der Waals surface area contributed by atoms with Crippen LogP contribution in [0.2, 0.25) is 0 Å². The number of nitrogens with zero attached hydrogens (tertiary/aromatic N) is 1. The largest absolute Gasteiger partial charge is 0.478 e. The molecule has 4 nitrogen and oxygen atoms in total. The molecule has 0 atom stereocenters. The van der Waals surface area contributed by atoms with Crippen LogP contribution in [0.1, 0.15) is 28.0 Å². The lowest BCUT2D eigenvalue weighted by atomic mass is 10.1. The van der Waals surface area contributed by atoms with E-state index in [1.54, 1.807) is 17.4 Å². The van der Waals surface area contributed by atoms with Gasteiger partial charge in [0.25, 0.3) is 0 Å². The fourth-order valence-corrected chi connectivity index (χ4v) is 3.29.